The van der Waals surface area contributed by atoms with Gasteiger partial charge in [0.1, 0.15) is 22.5 Å². The Bertz CT molecular complexity index is 1420. The van der Waals surface area contributed by atoms with Crippen molar-refractivity contribution in [3.8, 4) is 22.8 Å². The third-order valence-corrected chi connectivity index (χ3v) is 6.81. The Balaban J connectivity index is 1.72. The summed E-state index contributed by atoms with van der Waals surface area (Å²) in [5.41, 5.74) is 2.61. The number of aromatic nitrogens is 4. The van der Waals surface area contributed by atoms with Crippen LogP contribution in [-0.4, -0.2) is 24.6 Å². The van der Waals surface area contributed by atoms with E-state index in [1.165, 1.54) is 9.44 Å². The predicted molar refractivity (Wildman–Crippen MR) is 137 cm³/mol. The summed E-state index contributed by atoms with van der Waals surface area (Å²) in [6, 6.07) is 9.54. The third-order valence-electron chi connectivity index (χ3n) is 5.22. The van der Waals surface area contributed by atoms with Gasteiger partial charge in [-0.1, -0.05) is 12.1 Å². The largest absolute Gasteiger partial charge is 0.472 e. The highest BCUT2D eigenvalue weighted by molar-refractivity contribution is 9.10. The predicted octanol–water partition coefficient (Wildman–Crippen LogP) is 5.25. The molecule has 3 heterocycles. The molecule has 176 valence electrons. The Morgan fingerprint density at radius 1 is 1.18 bits per heavy atom. The molecule has 0 radical (unpaired) electrons. The third kappa shape index (κ3) is 4.96. The van der Waals surface area contributed by atoms with E-state index >= 15 is 0 Å². The van der Waals surface area contributed by atoms with Crippen molar-refractivity contribution in [2.75, 3.05) is 0 Å². The Hall–Kier alpha value is -2.88. The molecule has 0 aliphatic rings. The van der Waals surface area contributed by atoms with E-state index in [0.29, 0.717) is 29.6 Å². The Morgan fingerprint density at radius 2 is 1.94 bits per heavy atom. The lowest BCUT2D eigenvalue weighted by molar-refractivity contribution is 0.0688. The van der Waals surface area contributed by atoms with Crippen molar-refractivity contribution < 1.29 is 9.84 Å². The van der Waals surface area contributed by atoms with Crippen molar-refractivity contribution in [3.63, 3.8) is 0 Å². The monoisotopic (exact) mass is 540 g/mol. The molecule has 0 amide bonds. The van der Waals surface area contributed by atoms with Gasteiger partial charge in [0.05, 0.1) is 11.4 Å². The number of ether oxygens (including phenoxy) is 1. The number of benzene rings is 1. The molecule has 0 fully saturated rings. The number of nitrogens with zero attached hydrogens (tertiary/aromatic N) is 4. The Kier molecular flexibility index (Phi) is 6.71. The SMILES string of the molecule is Cc1cc(COc2nc(C)n(-c3cccc(-c4nc(C(C)(C)O)ncc4C)c3)c(=O)c2Br)cs1. The molecule has 0 atom stereocenters. The number of rotatable bonds is 6. The van der Waals surface area contributed by atoms with Gasteiger partial charge in [0.15, 0.2) is 5.82 Å². The number of halogens is 1. The maximum absolute atomic E-state index is 13.3. The van der Waals surface area contributed by atoms with E-state index < -0.39 is 5.60 Å². The van der Waals surface area contributed by atoms with Crippen LogP contribution in [0.5, 0.6) is 5.88 Å². The van der Waals surface area contributed by atoms with Gasteiger partial charge in [0.25, 0.3) is 5.56 Å². The van der Waals surface area contributed by atoms with Gasteiger partial charge in [-0.2, -0.15) is 4.98 Å². The lowest BCUT2D eigenvalue weighted by atomic mass is 10.0. The van der Waals surface area contributed by atoms with Crippen LogP contribution < -0.4 is 10.3 Å². The molecular weight excluding hydrogens is 516 g/mol. The van der Waals surface area contributed by atoms with Crippen molar-refractivity contribution in [1.82, 2.24) is 19.5 Å². The number of hydrogen-bond donors (Lipinski definition) is 1. The zero-order chi connectivity index (χ0) is 24.6. The van der Waals surface area contributed by atoms with Crippen molar-refractivity contribution in [2.45, 2.75) is 46.8 Å². The fourth-order valence-electron chi connectivity index (χ4n) is 3.53. The molecule has 1 aromatic carbocycles. The highest BCUT2D eigenvalue weighted by atomic mass is 79.9. The van der Waals surface area contributed by atoms with Gasteiger partial charge in [-0.05, 0) is 79.7 Å². The van der Waals surface area contributed by atoms with Crippen LogP contribution in [0, 0.1) is 20.8 Å². The quantitative estimate of drug-likeness (QED) is 0.359. The van der Waals surface area contributed by atoms with Gasteiger partial charge < -0.3 is 9.84 Å². The molecule has 0 aliphatic carbocycles. The maximum atomic E-state index is 13.3. The molecule has 9 heteroatoms. The van der Waals surface area contributed by atoms with Crippen LogP contribution in [0.3, 0.4) is 0 Å². The topological polar surface area (TPSA) is 90.1 Å². The second-order valence-electron chi connectivity index (χ2n) is 8.61. The molecule has 0 saturated carbocycles. The smallest absolute Gasteiger partial charge is 0.276 e. The van der Waals surface area contributed by atoms with E-state index in [1.807, 2.05) is 43.5 Å². The second kappa shape index (κ2) is 9.40. The summed E-state index contributed by atoms with van der Waals surface area (Å²) in [6.45, 7) is 9.35. The van der Waals surface area contributed by atoms with Gasteiger partial charge in [-0.15, -0.1) is 11.3 Å². The number of hydrogen-bond acceptors (Lipinski definition) is 7. The van der Waals surface area contributed by atoms with E-state index in [9.17, 15) is 9.90 Å². The molecule has 7 nitrogen and oxygen atoms in total. The first-order chi connectivity index (χ1) is 16.0. The lowest BCUT2D eigenvalue weighted by Crippen LogP contribution is -2.24. The average Bonchev–Trinajstić information content (AvgIpc) is 3.20. The van der Waals surface area contributed by atoms with E-state index in [2.05, 4.69) is 36.9 Å². The summed E-state index contributed by atoms with van der Waals surface area (Å²) < 4.78 is 7.63. The van der Waals surface area contributed by atoms with Gasteiger partial charge in [0, 0.05) is 22.2 Å². The fraction of sp³-hybridized carbons (Fsp3) is 0.280. The van der Waals surface area contributed by atoms with Crippen LogP contribution in [0.4, 0.5) is 0 Å². The number of aliphatic hydroxyl groups is 1. The summed E-state index contributed by atoms with van der Waals surface area (Å²) in [5, 5.41) is 12.4. The van der Waals surface area contributed by atoms with Crippen LogP contribution >= 0.6 is 27.3 Å². The molecule has 0 spiro atoms. The molecule has 34 heavy (non-hydrogen) atoms. The number of thiophene rings is 1. The van der Waals surface area contributed by atoms with Crippen molar-refractivity contribution in [2.24, 2.45) is 0 Å². The zero-order valence-electron chi connectivity index (χ0n) is 19.6. The first kappa shape index (κ1) is 24.3. The van der Waals surface area contributed by atoms with Gasteiger partial charge in [-0.3, -0.25) is 9.36 Å². The second-order valence-corrected chi connectivity index (χ2v) is 10.5. The van der Waals surface area contributed by atoms with Crippen molar-refractivity contribution in [1.29, 1.82) is 0 Å². The van der Waals surface area contributed by atoms with Crippen LogP contribution in [0.1, 0.15) is 41.5 Å². The Morgan fingerprint density at radius 3 is 2.62 bits per heavy atom. The summed E-state index contributed by atoms with van der Waals surface area (Å²) in [7, 11) is 0. The minimum atomic E-state index is -1.17. The highest BCUT2D eigenvalue weighted by Crippen LogP contribution is 2.27. The number of aryl methyl sites for hydroxylation is 3. The Labute approximate surface area is 210 Å². The van der Waals surface area contributed by atoms with E-state index in [0.717, 1.165) is 16.7 Å². The van der Waals surface area contributed by atoms with Crippen molar-refractivity contribution in [3.05, 3.63) is 84.4 Å². The molecule has 0 bridgehead atoms. The lowest BCUT2D eigenvalue weighted by Gasteiger charge is -2.18. The summed E-state index contributed by atoms with van der Waals surface area (Å²) in [6.07, 6.45) is 1.69. The standard InChI is InChI=1S/C25H25BrN4O3S/c1-14-11-27-24(25(4,5)32)29-21(14)18-7-6-8-19(10-18)30-16(3)28-22(20(26)23(30)31)33-12-17-9-15(2)34-13-17/h6-11,13,32H,12H2,1-5H3. The summed E-state index contributed by atoms with van der Waals surface area (Å²) >= 11 is 5.03. The fourth-order valence-corrected chi connectivity index (χ4v) is 4.60. The highest BCUT2D eigenvalue weighted by Gasteiger charge is 2.21. The molecule has 0 saturated heterocycles. The molecule has 3 aromatic heterocycles. The maximum Gasteiger partial charge on any atom is 0.276 e. The minimum Gasteiger partial charge on any atom is -0.472 e. The first-order valence-electron chi connectivity index (χ1n) is 10.7. The van der Waals surface area contributed by atoms with E-state index in [1.54, 1.807) is 38.3 Å². The minimum absolute atomic E-state index is 0.262. The van der Waals surface area contributed by atoms with Crippen LogP contribution in [0.15, 0.2) is 51.2 Å². The van der Waals surface area contributed by atoms with Gasteiger partial charge in [-0.25, -0.2) is 9.97 Å². The zero-order valence-corrected chi connectivity index (χ0v) is 22.0. The van der Waals surface area contributed by atoms with Gasteiger partial charge >= 0.3 is 0 Å². The molecule has 4 aromatic rings. The van der Waals surface area contributed by atoms with E-state index in [4.69, 9.17) is 4.74 Å². The van der Waals surface area contributed by atoms with Crippen LogP contribution in [0.2, 0.25) is 0 Å². The van der Waals surface area contributed by atoms with Crippen LogP contribution in [0.25, 0.3) is 16.9 Å². The average molecular weight is 541 g/mol. The summed E-state index contributed by atoms with van der Waals surface area (Å²) in [4.78, 5) is 27.9. The molecular formula is C25H25BrN4O3S. The summed E-state index contributed by atoms with van der Waals surface area (Å²) in [5.74, 6) is 1.09. The molecule has 0 aliphatic heterocycles. The molecule has 1 N–H and O–H groups in total. The van der Waals surface area contributed by atoms with Crippen molar-refractivity contribution >= 4 is 27.3 Å². The molecule has 4 rings (SSSR count). The molecule has 0 unspecified atom stereocenters. The van der Waals surface area contributed by atoms with Gasteiger partial charge in [0.2, 0.25) is 5.88 Å². The first-order valence-corrected chi connectivity index (χ1v) is 12.3. The normalized spacial score (nSPS) is 11.6. The van der Waals surface area contributed by atoms with Crippen LogP contribution in [-0.2, 0) is 12.2 Å². The van der Waals surface area contributed by atoms with E-state index in [-0.39, 0.29) is 15.9 Å².